The van der Waals surface area contributed by atoms with Crippen molar-refractivity contribution in [3.05, 3.63) is 70.5 Å². The van der Waals surface area contributed by atoms with Crippen LogP contribution in [0, 0.1) is 5.82 Å². The lowest BCUT2D eigenvalue weighted by molar-refractivity contribution is -0.129. The van der Waals surface area contributed by atoms with E-state index in [9.17, 15) is 9.18 Å². The fraction of sp³-hybridized carbons (Fsp3) is 0.316. The van der Waals surface area contributed by atoms with Crippen LogP contribution in [0.1, 0.15) is 30.4 Å². The quantitative estimate of drug-likeness (QED) is 0.871. The van der Waals surface area contributed by atoms with Crippen LogP contribution in [0.15, 0.2) is 48.5 Å². The summed E-state index contributed by atoms with van der Waals surface area (Å²) in [5, 5.41) is 3.65. The van der Waals surface area contributed by atoms with Gasteiger partial charge in [-0.1, -0.05) is 48.4 Å². The van der Waals surface area contributed by atoms with E-state index in [1.165, 1.54) is 6.07 Å². The van der Waals surface area contributed by atoms with Crippen LogP contribution in [-0.4, -0.2) is 12.5 Å². The van der Waals surface area contributed by atoms with Gasteiger partial charge in [0.25, 0.3) is 0 Å². The van der Waals surface area contributed by atoms with Gasteiger partial charge < -0.3 is 5.32 Å². The molecule has 2 aromatic rings. The molecule has 1 aliphatic rings. The first-order chi connectivity index (χ1) is 11.1. The lowest BCUT2D eigenvalue weighted by Crippen LogP contribution is -2.49. The van der Waals surface area contributed by atoms with Crippen LogP contribution in [0.25, 0.3) is 0 Å². The van der Waals surface area contributed by atoms with Gasteiger partial charge in [-0.05, 0) is 48.6 Å². The van der Waals surface area contributed by atoms with Crippen LogP contribution in [0.3, 0.4) is 0 Å². The zero-order chi connectivity index (χ0) is 16.3. The first-order valence-electron chi connectivity index (χ1n) is 7.90. The maximum absolute atomic E-state index is 13.6. The number of rotatable bonds is 5. The van der Waals surface area contributed by atoms with Crippen molar-refractivity contribution in [3.8, 4) is 0 Å². The Morgan fingerprint density at radius 3 is 2.43 bits per heavy atom. The normalized spacial score (nSPS) is 15.7. The van der Waals surface area contributed by atoms with Gasteiger partial charge in [0.2, 0.25) is 5.91 Å². The van der Waals surface area contributed by atoms with Crippen molar-refractivity contribution >= 4 is 17.5 Å². The monoisotopic (exact) mass is 331 g/mol. The molecule has 4 heteroatoms. The molecule has 0 unspecified atom stereocenters. The lowest BCUT2D eigenvalue weighted by Gasteiger charge is -2.40. The second kappa shape index (κ2) is 6.71. The van der Waals surface area contributed by atoms with E-state index in [0.717, 1.165) is 24.8 Å². The molecule has 0 aromatic heterocycles. The molecule has 1 fully saturated rings. The van der Waals surface area contributed by atoms with Crippen molar-refractivity contribution in [3.63, 3.8) is 0 Å². The van der Waals surface area contributed by atoms with Crippen LogP contribution in [-0.2, 0) is 16.6 Å². The second-order valence-corrected chi connectivity index (χ2v) is 6.48. The molecule has 0 atom stereocenters. The smallest absolute Gasteiger partial charge is 0.230 e. The highest BCUT2D eigenvalue weighted by Crippen LogP contribution is 2.44. The zero-order valence-electron chi connectivity index (χ0n) is 12.8. The Bertz CT molecular complexity index is 695. The maximum atomic E-state index is 13.6. The molecule has 2 aromatic carbocycles. The predicted molar refractivity (Wildman–Crippen MR) is 90.1 cm³/mol. The summed E-state index contributed by atoms with van der Waals surface area (Å²) in [5.41, 5.74) is 1.19. The first kappa shape index (κ1) is 16.0. The molecule has 1 amide bonds. The molecule has 1 aliphatic carbocycles. The van der Waals surface area contributed by atoms with E-state index < -0.39 is 5.41 Å². The topological polar surface area (TPSA) is 29.1 Å². The van der Waals surface area contributed by atoms with Crippen LogP contribution in [0.2, 0.25) is 5.02 Å². The Hall–Kier alpha value is -1.87. The number of amides is 1. The molecule has 2 nitrogen and oxygen atoms in total. The van der Waals surface area contributed by atoms with Crippen LogP contribution in [0.5, 0.6) is 0 Å². The number of benzene rings is 2. The third kappa shape index (κ3) is 3.25. The highest BCUT2D eigenvalue weighted by atomic mass is 35.5. The number of carbonyl (C=O) groups is 1. The maximum Gasteiger partial charge on any atom is 0.230 e. The van der Waals surface area contributed by atoms with Gasteiger partial charge in [-0.3, -0.25) is 4.79 Å². The first-order valence-corrected chi connectivity index (χ1v) is 8.27. The van der Waals surface area contributed by atoms with E-state index in [-0.39, 0.29) is 11.7 Å². The molecule has 1 saturated carbocycles. The summed E-state index contributed by atoms with van der Waals surface area (Å²) >= 11 is 5.93. The molecule has 0 saturated heterocycles. The third-order valence-electron chi connectivity index (χ3n) is 4.68. The van der Waals surface area contributed by atoms with E-state index in [4.69, 9.17) is 11.6 Å². The van der Waals surface area contributed by atoms with Gasteiger partial charge in [-0.25, -0.2) is 4.39 Å². The molecule has 0 spiro atoms. The summed E-state index contributed by atoms with van der Waals surface area (Å²) in [6.07, 6.45) is 3.23. The molecule has 23 heavy (non-hydrogen) atoms. The molecular formula is C19H19ClFNO. The predicted octanol–water partition coefficient (Wildman–Crippen LogP) is 4.26. The van der Waals surface area contributed by atoms with E-state index in [2.05, 4.69) is 5.32 Å². The summed E-state index contributed by atoms with van der Waals surface area (Å²) in [6.45, 7) is 0.440. The molecule has 3 rings (SSSR count). The van der Waals surface area contributed by atoms with Crippen molar-refractivity contribution in [1.29, 1.82) is 0 Å². The second-order valence-electron chi connectivity index (χ2n) is 6.04. The van der Waals surface area contributed by atoms with Gasteiger partial charge in [0.15, 0.2) is 0 Å². The van der Waals surface area contributed by atoms with Crippen LogP contribution >= 0.6 is 11.6 Å². The molecule has 120 valence electrons. The summed E-state index contributed by atoms with van der Waals surface area (Å²) < 4.78 is 13.6. The van der Waals surface area contributed by atoms with Gasteiger partial charge >= 0.3 is 0 Å². The van der Waals surface area contributed by atoms with Gasteiger partial charge in [-0.2, -0.15) is 0 Å². The molecular weight excluding hydrogens is 313 g/mol. The van der Waals surface area contributed by atoms with Gasteiger partial charge in [0.05, 0.1) is 5.41 Å². The molecule has 0 aliphatic heterocycles. The number of nitrogens with one attached hydrogen (secondary N) is 1. The van der Waals surface area contributed by atoms with E-state index in [0.29, 0.717) is 23.6 Å². The van der Waals surface area contributed by atoms with Gasteiger partial charge in [-0.15, -0.1) is 0 Å². The number of carbonyl (C=O) groups excluding carboxylic acids is 1. The Morgan fingerprint density at radius 2 is 1.83 bits per heavy atom. The Labute approximate surface area is 140 Å². The van der Waals surface area contributed by atoms with Crippen LogP contribution < -0.4 is 5.32 Å². The fourth-order valence-corrected chi connectivity index (χ4v) is 3.25. The Balaban J connectivity index is 1.64. The number of hydrogen-bond donors (Lipinski definition) is 1. The minimum absolute atomic E-state index is 0.0300. The summed E-state index contributed by atoms with van der Waals surface area (Å²) in [6, 6.07) is 14.2. The minimum Gasteiger partial charge on any atom is -0.355 e. The van der Waals surface area contributed by atoms with Crippen molar-refractivity contribution in [2.45, 2.75) is 31.1 Å². The number of hydrogen-bond acceptors (Lipinski definition) is 1. The van der Waals surface area contributed by atoms with Crippen molar-refractivity contribution in [1.82, 2.24) is 5.32 Å². The molecule has 0 heterocycles. The van der Waals surface area contributed by atoms with E-state index >= 15 is 0 Å². The number of halogens is 2. The lowest BCUT2D eigenvalue weighted by atomic mass is 9.64. The standard InChI is InChI=1S/C19H19ClFNO/c20-16-8-6-15(7-9-16)19(11-3-12-19)18(23)22-13-10-14-4-1-2-5-17(14)21/h1-2,4-9H,3,10-13H2,(H,22,23). The van der Waals surface area contributed by atoms with Crippen molar-refractivity contribution in [2.75, 3.05) is 6.54 Å². The van der Waals surface area contributed by atoms with E-state index in [1.807, 2.05) is 24.3 Å². The minimum atomic E-state index is -0.445. The van der Waals surface area contributed by atoms with Gasteiger partial charge in [0, 0.05) is 11.6 Å². The SMILES string of the molecule is O=C(NCCc1ccccc1F)C1(c2ccc(Cl)cc2)CCC1. The zero-order valence-corrected chi connectivity index (χ0v) is 13.6. The average Bonchev–Trinajstić information content (AvgIpc) is 2.50. The third-order valence-corrected chi connectivity index (χ3v) is 4.93. The summed E-state index contributed by atoms with van der Waals surface area (Å²) in [4.78, 5) is 12.7. The highest BCUT2D eigenvalue weighted by Gasteiger charge is 2.45. The molecule has 0 bridgehead atoms. The van der Waals surface area contributed by atoms with Gasteiger partial charge in [0.1, 0.15) is 5.82 Å². The van der Waals surface area contributed by atoms with Crippen LogP contribution in [0.4, 0.5) is 4.39 Å². The van der Waals surface area contributed by atoms with E-state index in [1.54, 1.807) is 18.2 Å². The van der Waals surface area contributed by atoms with Crippen molar-refractivity contribution in [2.24, 2.45) is 0 Å². The Kier molecular flexibility index (Phi) is 4.67. The molecule has 1 N–H and O–H groups in total. The summed E-state index contributed by atoms with van der Waals surface area (Å²) in [7, 11) is 0. The Morgan fingerprint density at radius 1 is 1.13 bits per heavy atom. The highest BCUT2D eigenvalue weighted by molar-refractivity contribution is 6.30. The molecule has 0 radical (unpaired) electrons. The summed E-state index contributed by atoms with van der Waals surface area (Å²) in [5.74, 6) is -0.194. The van der Waals surface area contributed by atoms with Crippen molar-refractivity contribution < 1.29 is 9.18 Å². The average molecular weight is 332 g/mol. The fourth-order valence-electron chi connectivity index (χ4n) is 3.13. The largest absolute Gasteiger partial charge is 0.355 e.